The molecule has 0 aromatic heterocycles. The van der Waals surface area contributed by atoms with E-state index in [4.69, 9.17) is 0 Å². The Balaban J connectivity index is 2.57. The average Bonchev–Trinajstić information content (AvgIpc) is 1.96. The first kappa shape index (κ1) is 9.53. The fourth-order valence-electron chi connectivity index (χ4n) is 1.47. The summed E-state index contributed by atoms with van der Waals surface area (Å²) in [4.78, 5) is 2.21. The summed E-state index contributed by atoms with van der Waals surface area (Å²) in [6.07, 6.45) is 6.94. The van der Waals surface area contributed by atoms with Crippen LogP contribution >= 0.6 is 0 Å². The van der Waals surface area contributed by atoms with E-state index in [2.05, 4.69) is 51.1 Å². The minimum atomic E-state index is 0.699. The Bertz CT molecular complexity index is 201. The van der Waals surface area contributed by atoms with Gasteiger partial charge in [0.15, 0.2) is 0 Å². The van der Waals surface area contributed by atoms with Crippen molar-refractivity contribution in [3.8, 4) is 0 Å². The Kier molecular flexibility index (Phi) is 3.10. The molecule has 1 aliphatic rings. The van der Waals surface area contributed by atoms with Gasteiger partial charge in [0.1, 0.15) is 0 Å². The molecule has 0 radical (unpaired) electrons. The molecule has 0 aromatic carbocycles. The lowest BCUT2D eigenvalue weighted by atomic mass is 9.88. The van der Waals surface area contributed by atoms with Gasteiger partial charge in [-0.15, -0.1) is 0 Å². The minimum absolute atomic E-state index is 0.699. The summed E-state index contributed by atoms with van der Waals surface area (Å²) in [6, 6.07) is 0. The maximum absolute atomic E-state index is 2.38. The van der Waals surface area contributed by atoms with Crippen LogP contribution in [0.3, 0.4) is 0 Å². The van der Waals surface area contributed by atoms with E-state index in [1.807, 2.05) is 0 Å². The number of rotatable bonds is 2. The zero-order valence-electron chi connectivity index (χ0n) is 8.54. The van der Waals surface area contributed by atoms with Crippen LogP contribution < -0.4 is 0 Å². The molecule has 1 rings (SSSR count). The highest BCUT2D eigenvalue weighted by Gasteiger charge is 2.11. The van der Waals surface area contributed by atoms with Crippen molar-refractivity contribution in [2.24, 2.45) is 11.8 Å². The molecule has 0 spiro atoms. The van der Waals surface area contributed by atoms with Crippen molar-refractivity contribution in [2.45, 2.75) is 13.8 Å². The van der Waals surface area contributed by atoms with E-state index < -0.39 is 0 Å². The first-order valence-corrected chi connectivity index (χ1v) is 4.63. The van der Waals surface area contributed by atoms with Crippen molar-refractivity contribution in [3.05, 3.63) is 23.8 Å². The van der Waals surface area contributed by atoms with E-state index in [0.29, 0.717) is 11.8 Å². The second kappa shape index (κ2) is 3.90. The van der Waals surface area contributed by atoms with Crippen molar-refractivity contribution in [3.63, 3.8) is 0 Å². The number of allylic oxidation sites excluding steroid dienone is 2. The molecule has 68 valence electrons. The van der Waals surface area contributed by atoms with Gasteiger partial charge >= 0.3 is 0 Å². The highest BCUT2D eigenvalue weighted by atomic mass is 15.0. The quantitative estimate of drug-likeness (QED) is 0.607. The van der Waals surface area contributed by atoms with Crippen LogP contribution in [0.5, 0.6) is 0 Å². The summed E-state index contributed by atoms with van der Waals surface area (Å²) in [7, 11) is 4.22. The summed E-state index contributed by atoms with van der Waals surface area (Å²) in [5.74, 6) is 1.40. The molecule has 0 saturated heterocycles. The Labute approximate surface area is 75.8 Å². The summed E-state index contributed by atoms with van der Waals surface area (Å²) < 4.78 is 0. The Morgan fingerprint density at radius 3 is 2.42 bits per heavy atom. The topological polar surface area (TPSA) is 3.24 Å². The van der Waals surface area contributed by atoms with E-state index in [-0.39, 0.29) is 0 Å². The molecular weight excluding hydrogens is 146 g/mol. The summed E-state index contributed by atoms with van der Waals surface area (Å²) in [6.45, 7) is 5.61. The Morgan fingerprint density at radius 1 is 1.25 bits per heavy atom. The van der Waals surface area contributed by atoms with Gasteiger partial charge in [0, 0.05) is 6.54 Å². The largest absolute Gasteiger partial charge is 0.305 e. The zero-order chi connectivity index (χ0) is 9.14. The van der Waals surface area contributed by atoms with Gasteiger partial charge in [-0.1, -0.05) is 32.1 Å². The van der Waals surface area contributed by atoms with E-state index in [1.54, 1.807) is 0 Å². The first-order valence-electron chi connectivity index (χ1n) is 4.63. The molecule has 0 saturated carbocycles. The van der Waals surface area contributed by atoms with Crippen molar-refractivity contribution >= 4 is 0 Å². The van der Waals surface area contributed by atoms with Gasteiger partial charge in [-0.2, -0.15) is 0 Å². The smallest absolute Gasteiger partial charge is 0.0224 e. The molecule has 0 fully saturated rings. The van der Waals surface area contributed by atoms with Crippen molar-refractivity contribution in [1.29, 1.82) is 0 Å². The average molecular weight is 165 g/mol. The molecule has 1 heteroatoms. The molecule has 1 nitrogen and oxygen atoms in total. The zero-order valence-corrected chi connectivity index (χ0v) is 8.54. The molecule has 1 aliphatic carbocycles. The number of nitrogens with zero attached hydrogens (tertiary/aromatic N) is 1. The highest BCUT2D eigenvalue weighted by molar-refractivity contribution is 5.26. The van der Waals surface area contributed by atoms with Crippen molar-refractivity contribution < 1.29 is 0 Å². The predicted octanol–water partition coefficient (Wildman–Crippen LogP) is 2.32. The third kappa shape index (κ3) is 2.49. The molecule has 0 heterocycles. The van der Waals surface area contributed by atoms with Gasteiger partial charge in [-0.3, -0.25) is 0 Å². The number of hydrogen-bond acceptors (Lipinski definition) is 1. The van der Waals surface area contributed by atoms with E-state index in [1.165, 1.54) is 5.57 Å². The predicted molar refractivity (Wildman–Crippen MR) is 54.1 cm³/mol. The normalized spacial score (nSPS) is 29.2. The lowest BCUT2D eigenvalue weighted by Crippen LogP contribution is -2.17. The Morgan fingerprint density at radius 2 is 1.92 bits per heavy atom. The fourth-order valence-corrected chi connectivity index (χ4v) is 1.47. The molecule has 0 N–H and O–H groups in total. The SMILES string of the molecule is CC1C=CC(CN(C)C)=CC1C. The van der Waals surface area contributed by atoms with E-state index in [0.717, 1.165) is 6.54 Å². The summed E-state index contributed by atoms with van der Waals surface area (Å²) in [5.41, 5.74) is 1.45. The molecule has 2 atom stereocenters. The molecule has 2 unspecified atom stereocenters. The highest BCUT2D eigenvalue weighted by Crippen LogP contribution is 2.21. The van der Waals surface area contributed by atoms with E-state index >= 15 is 0 Å². The third-order valence-electron chi connectivity index (χ3n) is 2.42. The van der Waals surface area contributed by atoms with Gasteiger partial charge in [0.05, 0.1) is 0 Å². The summed E-state index contributed by atoms with van der Waals surface area (Å²) in [5, 5.41) is 0. The second-order valence-electron chi connectivity index (χ2n) is 4.06. The molecule has 12 heavy (non-hydrogen) atoms. The van der Waals surface area contributed by atoms with Crippen molar-refractivity contribution in [1.82, 2.24) is 4.90 Å². The van der Waals surface area contributed by atoms with Gasteiger partial charge in [-0.05, 0) is 31.5 Å². The van der Waals surface area contributed by atoms with Crippen LogP contribution in [0.25, 0.3) is 0 Å². The van der Waals surface area contributed by atoms with Crippen LogP contribution in [0.15, 0.2) is 23.8 Å². The number of hydrogen-bond donors (Lipinski definition) is 0. The number of likely N-dealkylation sites (N-methyl/N-ethyl adjacent to an activating group) is 1. The van der Waals surface area contributed by atoms with Gasteiger partial charge in [-0.25, -0.2) is 0 Å². The third-order valence-corrected chi connectivity index (χ3v) is 2.42. The Hall–Kier alpha value is -0.560. The minimum Gasteiger partial charge on any atom is -0.305 e. The van der Waals surface area contributed by atoms with Gasteiger partial charge < -0.3 is 4.90 Å². The lowest BCUT2D eigenvalue weighted by Gasteiger charge is -2.20. The van der Waals surface area contributed by atoms with Crippen LogP contribution in [0, 0.1) is 11.8 Å². The molecule has 0 aliphatic heterocycles. The second-order valence-corrected chi connectivity index (χ2v) is 4.06. The molecule has 0 bridgehead atoms. The van der Waals surface area contributed by atoms with Crippen molar-refractivity contribution in [2.75, 3.05) is 20.6 Å². The van der Waals surface area contributed by atoms with E-state index in [9.17, 15) is 0 Å². The summed E-state index contributed by atoms with van der Waals surface area (Å²) >= 11 is 0. The maximum atomic E-state index is 2.38. The van der Waals surface area contributed by atoms with Gasteiger partial charge in [0.25, 0.3) is 0 Å². The van der Waals surface area contributed by atoms with Crippen LogP contribution in [0.4, 0.5) is 0 Å². The van der Waals surface area contributed by atoms with Crippen LogP contribution in [-0.4, -0.2) is 25.5 Å². The standard InChI is InChI=1S/C11H19N/c1-9-5-6-11(7-10(9)2)8-12(3)4/h5-7,9-10H,8H2,1-4H3. The molecule has 0 aromatic rings. The molecular formula is C11H19N. The first-order chi connectivity index (χ1) is 5.59. The van der Waals surface area contributed by atoms with Gasteiger partial charge in [0.2, 0.25) is 0 Å². The maximum Gasteiger partial charge on any atom is 0.0224 e. The van der Waals surface area contributed by atoms with Crippen LogP contribution in [-0.2, 0) is 0 Å². The molecule has 0 amide bonds. The van der Waals surface area contributed by atoms with Crippen LogP contribution in [0.2, 0.25) is 0 Å². The fraction of sp³-hybridized carbons (Fsp3) is 0.636. The van der Waals surface area contributed by atoms with Crippen LogP contribution in [0.1, 0.15) is 13.8 Å². The lowest BCUT2D eigenvalue weighted by molar-refractivity contribution is 0.442. The monoisotopic (exact) mass is 165 g/mol.